The van der Waals surface area contributed by atoms with E-state index in [9.17, 15) is 5.11 Å². The summed E-state index contributed by atoms with van der Waals surface area (Å²) in [5.41, 5.74) is 0.792. The molecule has 1 unspecified atom stereocenters. The molecule has 1 aliphatic carbocycles. The standard InChI is InChI=1S/C16H27NOS/c1-15(2)8-12(9-16(3,4)11-15)17-10-13(18)14-6-5-7-19-14/h5-7,12-13,17-18H,8-11H2,1-4H3. The zero-order valence-electron chi connectivity index (χ0n) is 12.6. The van der Waals surface area contributed by atoms with E-state index in [2.05, 4.69) is 33.0 Å². The van der Waals surface area contributed by atoms with Crippen molar-refractivity contribution >= 4 is 11.3 Å². The van der Waals surface area contributed by atoms with Crippen LogP contribution in [-0.4, -0.2) is 17.7 Å². The minimum Gasteiger partial charge on any atom is -0.386 e. The van der Waals surface area contributed by atoms with E-state index in [-0.39, 0.29) is 6.10 Å². The highest BCUT2D eigenvalue weighted by Crippen LogP contribution is 2.45. The first-order valence-electron chi connectivity index (χ1n) is 7.22. The molecular formula is C16H27NOS. The van der Waals surface area contributed by atoms with Gasteiger partial charge in [0.1, 0.15) is 6.10 Å². The average molecular weight is 281 g/mol. The van der Waals surface area contributed by atoms with E-state index >= 15 is 0 Å². The zero-order chi connectivity index (χ0) is 14.1. The Morgan fingerprint density at radius 1 is 1.32 bits per heavy atom. The molecule has 1 fully saturated rings. The molecule has 0 aromatic carbocycles. The molecule has 108 valence electrons. The van der Waals surface area contributed by atoms with Gasteiger partial charge >= 0.3 is 0 Å². The van der Waals surface area contributed by atoms with Crippen LogP contribution in [0.25, 0.3) is 0 Å². The number of nitrogens with one attached hydrogen (secondary N) is 1. The Labute approximate surface area is 121 Å². The number of aliphatic hydroxyl groups is 1. The smallest absolute Gasteiger partial charge is 0.101 e. The van der Waals surface area contributed by atoms with Crippen LogP contribution in [0.1, 0.15) is 57.9 Å². The van der Waals surface area contributed by atoms with Crippen LogP contribution in [0.3, 0.4) is 0 Å². The quantitative estimate of drug-likeness (QED) is 0.875. The lowest BCUT2D eigenvalue weighted by molar-refractivity contribution is 0.0764. The minimum atomic E-state index is -0.367. The maximum atomic E-state index is 10.1. The maximum Gasteiger partial charge on any atom is 0.101 e. The van der Waals surface area contributed by atoms with Crippen molar-refractivity contribution in [3.8, 4) is 0 Å². The number of aliphatic hydroxyl groups excluding tert-OH is 1. The highest BCUT2D eigenvalue weighted by atomic mass is 32.1. The van der Waals surface area contributed by atoms with E-state index in [0.717, 1.165) is 4.88 Å². The zero-order valence-corrected chi connectivity index (χ0v) is 13.4. The van der Waals surface area contributed by atoms with Crippen LogP contribution < -0.4 is 5.32 Å². The molecule has 2 N–H and O–H groups in total. The van der Waals surface area contributed by atoms with Gasteiger partial charge in [-0.2, -0.15) is 0 Å². The van der Waals surface area contributed by atoms with Crippen LogP contribution >= 0.6 is 11.3 Å². The van der Waals surface area contributed by atoms with Gasteiger partial charge in [0.15, 0.2) is 0 Å². The van der Waals surface area contributed by atoms with Gasteiger partial charge in [0.25, 0.3) is 0 Å². The van der Waals surface area contributed by atoms with Gasteiger partial charge in [0.05, 0.1) is 0 Å². The van der Waals surface area contributed by atoms with Crippen molar-refractivity contribution in [1.82, 2.24) is 5.32 Å². The number of rotatable bonds is 4. The fraction of sp³-hybridized carbons (Fsp3) is 0.750. The molecule has 1 aromatic heterocycles. The molecule has 0 spiro atoms. The van der Waals surface area contributed by atoms with Gasteiger partial charge in [-0.25, -0.2) is 0 Å². The van der Waals surface area contributed by atoms with Crippen LogP contribution in [-0.2, 0) is 0 Å². The lowest BCUT2D eigenvalue weighted by Crippen LogP contribution is -2.44. The number of hydrogen-bond donors (Lipinski definition) is 2. The molecule has 2 nitrogen and oxygen atoms in total. The molecule has 2 rings (SSSR count). The van der Waals surface area contributed by atoms with Gasteiger partial charge in [-0.3, -0.25) is 0 Å². The molecule has 1 atom stereocenters. The Balaban J connectivity index is 1.89. The first kappa shape index (κ1) is 15.0. The Morgan fingerprint density at radius 2 is 1.95 bits per heavy atom. The van der Waals surface area contributed by atoms with Crippen molar-refractivity contribution in [2.75, 3.05) is 6.54 Å². The van der Waals surface area contributed by atoms with Gasteiger partial charge in [-0.15, -0.1) is 11.3 Å². The second-order valence-corrected chi connectivity index (χ2v) is 8.53. The Morgan fingerprint density at radius 3 is 2.47 bits per heavy atom. The summed E-state index contributed by atoms with van der Waals surface area (Å²) in [5.74, 6) is 0. The molecule has 1 aromatic rings. The summed E-state index contributed by atoms with van der Waals surface area (Å²) in [5, 5.41) is 15.7. The number of thiophene rings is 1. The van der Waals surface area contributed by atoms with Crippen molar-refractivity contribution in [1.29, 1.82) is 0 Å². The first-order valence-corrected chi connectivity index (χ1v) is 8.10. The third kappa shape index (κ3) is 4.30. The highest BCUT2D eigenvalue weighted by molar-refractivity contribution is 7.10. The van der Waals surface area contributed by atoms with Gasteiger partial charge in [0, 0.05) is 17.5 Å². The Hall–Kier alpha value is -0.380. The normalized spacial score (nSPS) is 24.3. The average Bonchev–Trinajstić information content (AvgIpc) is 2.74. The molecule has 1 saturated carbocycles. The molecular weight excluding hydrogens is 254 g/mol. The molecule has 1 heterocycles. The maximum absolute atomic E-state index is 10.1. The predicted octanol–water partition coefficient (Wildman–Crippen LogP) is 3.98. The molecule has 0 amide bonds. The van der Waals surface area contributed by atoms with E-state index in [1.807, 2.05) is 17.5 Å². The molecule has 0 bridgehead atoms. The van der Waals surface area contributed by atoms with Crippen molar-refractivity contribution in [2.24, 2.45) is 10.8 Å². The summed E-state index contributed by atoms with van der Waals surface area (Å²) in [6, 6.07) is 4.52. The summed E-state index contributed by atoms with van der Waals surface area (Å²) in [7, 11) is 0. The molecule has 3 heteroatoms. The molecule has 0 saturated heterocycles. The summed E-state index contributed by atoms with van der Waals surface area (Å²) >= 11 is 1.63. The van der Waals surface area contributed by atoms with E-state index in [1.165, 1.54) is 19.3 Å². The lowest BCUT2D eigenvalue weighted by Gasteiger charge is -2.45. The molecule has 19 heavy (non-hydrogen) atoms. The van der Waals surface area contributed by atoms with Crippen molar-refractivity contribution in [3.05, 3.63) is 22.4 Å². The van der Waals surface area contributed by atoms with E-state index < -0.39 is 0 Å². The van der Waals surface area contributed by atoms with Gasteiger partial charge < -0.3 is 10.4 Å². The Kier molecular flexibility index (Phi) is 4.38. The third-order valence-electron chi connectivity index (χ3n) is 4.03. The second-order valence-electron chi connectivity index (χ2n) is 7.55. The van der Waals surface area contributed by atoms with Gasteiger partial charge in [-0.1, -0.05) is 33.8 Å². The predicted molar refractivity (Wildman–Crippen MR) is 82.5 cm³/mol. The SMILES string of the molecule is CC1(C)CC(NCC(O)c2cccs2)CC(C)(C)C1. The van der Waals surface area contributed by atoms with Crippen molar-refractivity contribution in [3.63, 3.8) is 0 Å². The molecule has 0 aliphatic heterocycles. The van der Waals surface area contributed by atoms with E-state index in [0.29, 0.717) is 23.4 Å². The van der Waals surface area contributed by atoms with Crippen LogP contribution in [0.15, 0.2) is 17.5 Å². The topological polar surface area (TPSA) is 32.3 Å². The van der Waals surface area contributed by atoms with Crippen LogP contribution in [0.5, 0.6) is 0 Å². The van der Waals surface area contributed by atoms with Crippen molar-refractivity contribution < 1.29 is 5.11 Å². The van der Waals surface area contributed by atoms with E-state index in [1.54, 1.807) is 11.3 Å². The summed E-state index contributed by atoms with van der Waals surface area (Å²) in [4.78, 5) is 1.06. The highest BCUT2D eigenvalue weighted by Gasteiger charge is 2.38. The monoisotopic (exact) mass is 281 g/mol. The van der Waals surface area contributed by atoms with Crippen molar-refractivity contribution in [2.45, 2.75) is 59.1 Å². The molecule has 1 aliphatic rings. The van der Waals surface area contributed by atoms with Gasteiger partial charge in [-0.05, 0) is 41.5 Å². The number of hydrogen-bond acceptors (Lipinski definition) is 3. The van der Waals surface area contributed by atoms with Crippen LogP contribution in [0, 0.1) is 10.8 Å². The largest absolute Gasteiger partial charge is 0.386 e. The minimum absolute atomic E-state index is 0.367. The first-order chi connectivity index (χ1) is 8.77. The van der Waals surface area contributed by atoms with E-state index in [4.69, 9.17) is 0 Å². The van der Waals surface area contributed by atoms with Crippen LogP contribution in [0.4, 0.5) is 0 Å². The fourth-order valence-corrected chi connectivity index (χ4v) is 4.56. The lowest BCUT2D eigenvalue weighted by atomic mass is 9.63. The van der Waals surface area contributed by atoms with Gasteiger partial charge in [0.2, 0.25) is 0 Å². The van der Waals surface area contributed by atoms with Crippen LogP contribution in [0.2, 0.25) is 0 Å². The summed E-state index contributed by atoms with van der Waals surface area (Å²) in [6.07, 6.45) is 3.32. The summed E-state index contributed by atoms with van der Waals surface area (Å²) in [6.45, 7) is 10.1. The fourth-order valence-electron chi connectivity index (χ4n) is 3.85. The molecule has 0 radical (unpaired) electrons. The Bertz CT molecular complexity index is 381. The summed E-state index contributed by atoms with van der Waals surface area (Å²) < 4.78 is 0. The third-order valence-corrected chi connectivity index (χ3v) is 5.00. The second kappa shape index (κ2) is 5.55.